The van der Waals surface area contributed by atoms with E-state index in [9.17, 15) is 4.79 Å². The lowest BCUT2D eigenvalue weighted by atomic mass is 9.96. The van der Waals surface area contributed by atoms with Gasteiger partial charge in [-0.2, -0.15) is 0 Å². The lowest BCUT2D eigenvalue weighted by Crippen LogP contribution is -2.36. The molecule has 0 atom stereocenters. The van der Waals surface area contributed by atoms with Crippen molar-refractivity contribution in [2.75, 3.05) is 13.1 Å². The molecule has 0 radical (unpaired) electrons. The summed E-state index contributed by atoms with van der Waals surface area (Å²) in [6.07, 6.45) is 4.08. The summed E-state index contributed by atoms with van der Waals surface area (Å²) in [6.45, 7) is 6.54. The van der Waals surface area contributed by atoms with Gasteiger partial charge in [0.15, 0.2) is 0 Å². The van der Waals surface area contributed by atoms with Gasteiger partial charge in [-0.3, -0.25) is 4.90 Å². The largest absolute Gasteiger partial charge is 0.465 e. The van der Waals surface area contributed by atoms with Crippen LogP contribution < -0.4 is 0 Å². The highest BCUT2D eigenvalue weighted by atomic mass is 16.4. The molecule has 12 heavy (non-hydrogen) atoms. The lowest BCUT2D eigenvalue weighted by molar-refractivity contribution is 0.133. The van der Waals surface area contributed by atoms with E-state index < -0.39 is 6.09 Å². The molecule has 68 valence electrons. The van der Waals surface area contributed by atoms with E-state index in [-0.39, 0.29) is 12.0 Å². The van der Waals surface area contributed by atoms with E-state index in [1.54, 1.807) is 0 Å². The Morgan fingerprint density at radius 2 is 2.08 bits per heavy atom. The molecular weight excluding hydrogens is 154 g/mol. The minimum Gasteiger partial charge on any atom is -0.465 e. The molecule has 0 rings (SSSR count). The zero-order valence-corrected chi connectivity index (χ0v) is 7.79. The normalized spacial score (nSPS) is 10.5. The Bertz CT molecular complexity index is 198. The first-order valence-electron chi connectivity index (χ1n) is 3.78. The molecule has 0 bridgehead atoms. The summed E-state index contributed by atoms with van der Waals surface area (Å²) in [5, 5.41) is 8.70. The third-order valence-electron chi connectivity index (χ3n) is 1.22. The molecule has 0 aromatic rings. The van der Waals surface area contributed by atoms with E-state index in [2.05, 4.69) is 5.92 Å². The first-order valence-corrected chi connectivity index (χ1v) is 3.78. The highest BCUT2D eigenvalue weighted by molar-refractivity contribution is 5.65. The van der Waals surface area contributed by atoms with E-state index >= 15 is 0 Å². The van der Waals surface area contributed by atoms with Crippen molar-refractivity contribution in [3.8, 4) is 12.3 Å². The molecular formula is C9H15NO2. The molecule has 3 nitrogen and oxygen atoms in total. The highest BCUT2D eigenvalue weighted by Crippen LogP contribution is 2.14. The number of terminal acetylenes is 1. The average molecular weight is 169 g/mol. The topological polar surface area (TPSA) is 40.5 Å². The highest BCUT2D eigenvalue weighted by Gasteiger charge is 2.19. The van der Waals surface area contributed by atoms with Crippen LogP contribution in [0.15, 0.2) is 0 Å². The minimum atomic E-state index is -0.956. The molecule has 1 N–H and O–H groups in total. The number of rotatable bonds is 2. The molecule has 0 aromatic heterocycles. The maximum Gasteiger partial charge on any atom is 0.408 e. The van der Waals surface area contributed by atoms with Crippen LogP contribution in [0.25, 0.3) is 0 Å². The van der Waals surface area contributed by atoms with Crippen molar-refractivity contribution in [2.24, 2.45) is 5.41 Å². The van der Waals surface area contributed by atoms with Crippen molar-refractivity contribution < 1.29 is 9.90 Å². The van der Waals surface area contributed by atoms with E-state index in [1.807, 2.05) is 20.8 Å². The Kier molecular flexibility index (Phi) is 3.62. The van der Waals surface area contributed by atoms with Gasteiger partial charge in [-0.15, -0.1) is 6.42 Å². The fraction of sp³-hybridized carbons (Fsp3) is 0.667. The van der Waals surface area contributed by atoms with Crippen molar-refractivity contribution in [1.29, 1.82) is 0 Å². The zero-order chi connectivity index (χ0) is 9.78. The minimum absolute atomic E-state index is 0.0464. The number of amides is 1. The molecule has 0 unspecified atom stereocenters. The summed E-state index contributed by atoms with van der Waals surface area (Å²) in [5.74, 6) is 2.32. The summed E-state index contributed by atoms with van der Waals surface area (Å²) >= 11 is 0. The van der Waals surface area contributed by atoms with Crippen LogP contribution in [0, 0.1) is 17.8 Å². The second-order valence-electron chi connectivity index (χ2n) is 3.90. The van der Waals surface area contributed by atoms with Gasteiger partial charge < -0.3 is 5.11 Å². The Labute approximate surface area is 73.4 Å². The van der Waals surface area contributed by atoms with Crippen molar-refractivity contribution in [3.05, 3.63) is 0 Å². The summed E-state index contributed by atoms with van der Waals surface area (Å²) in [7, 11) is 0. The van der Waals surface area contributed by atoms with Crippen molar-refractivity contribution >= 4 is 6.09 Å². The predicted octanol–water partition coefficient (Wildman–Crippen LogP) is 1.65. The second-order valence-corrected chi connectivity index (χ2v) is 3.90. The van der Waals surface area contributed by atoms with Gasteiger partial charge in [-0.05, 0) is 5.41 Å². The van der Waals surface area contributed by atoms with Crippen LogP contribution in [0.4, 0.5) is 4.79 Å². The van der Waals surface area contributed by atoms with Crippen molar-refractivity contribution in [3.63, 3.8) is 0 Å². The van der Waals surface area contributed by atoms with Crippen LogP contribution in [0.2, 0.25) is 0 Å². The van der Waals surface area contributed by atoms with Crippen molar-refractivity contribution in [2.45, 2.75) is 20.8 Å². The molecule has 0 aliphatic rings. The summed E-state index contributed by atoms with van der Waals surface area (Å²) in [6, 6.07) is 0. The van der Waals surface area contributed by atoms with Crippen LogP contribution in [0.3, 0.4) is 0 Å². The molecule has 1 amide bonds. The molecule has 3 heteroatoms. The van der Waals surface area contributed by atoms with E-state index in [0.717, 1.165) is 0 Å². The van der Waals surface area contributed by atoms with Gasteiger partial charge in [-0.25, -0.2) is 4.79 Å². The number of carbonyl (C=O) groups is 1. The second kappa shape index (κ2) is 4.01. The summed E-state index contributed by atoms with van der Waals surface area (Å²) in [5.41, 5.74) is -0.0464. The zero-order valence-electron chi connectivity index (χ0n) is 7.79. The van der Waals surface area contributed by atoms with Crippen molar-refractivity contribution in [1.82, 2.24) is 4.90 Å². The van der Waals surface area contributed by atoms with Gasteiger partial charge in [-0.1, -0.05) is 26.7 Å². The van der Waals surface area contributed by atoms with Crippen LogP contribution >= 0.6 is 0 Å². The van der Waals surface area contributed by atoms with Crippen LogP contribution in [0.5, 0.6) is 0 Å². The third-order valence-corrected chi connectivity index (χ3v) is 1.22. The standard InChI is InChI=1S/C9H15NO2/c1-5-6-10(8(11)12)7-9(2,3)4/h1H,6-7H2,2-4H3,(H,11,12). The molecule has 0 saturated heterocycles. The molecule has 0 aliphatic heterocycles. The molecule has 0 spiro atoms. The van der Waals surface area contributed by atoms with Gasteiger partial charge in [0.05, 0.1) is 6.54 Å². The first-order chi connectivity index (χ1) is 5.37. The van der Waals surface area contributed by atoms with E-state index in [0.29, 0.717) is 6.54 Å². The predicted molar refractivity (Wildman–Crippen MR) is 47.9 cm³/mol. The van der Waals surface area contributed by atoms with Crippen LogP contribution in [-0.4, -0.2) is 29.2 Å². The smallest absolute Gasteiger partial charge is 0.408 e. The lowest BCUT2D eigenvalue weighted by Gasteiger charge is -2.25. The number of hydrogen-bond acceptors (Lipinski definition) is 1. The maximum absolute atomic E-state index is 10.6. The molecule has 0 heterocycles. The fourth-order valence-corrected chi connectivity index (χ4v) is 0.874. The van der Waals surface area contributed by atoms with Gasteiger partial charge in [0.25, 0.3) is 0 Å². The Balaban J connectivity index is 4.16. The number of nitrogens with zero attached hydrogens (tertiary/aromatic N) is 1. The summed E-state index contributed by atoms with van der Waals surface area (Å²) < 4.78 is 0. The molecule has 0 fully saturated rings. The Hall–Kier alpha value is -1.17. The monoisotopic (exact) mass is 169 g/mol. The molecule has 0 saturated carbocycles. The van der Waals surface area contributed by atoms with Gasteiger partial charge in [0.2, 0.25) is 0 Å². The third kappa shape index (κ3) is 4.62. The van der Waals surface area contributed by atoms with Gasteiger partial charge >= 0.3 is 6.09 Å². The van der Waals surface area contributed by atoms with Gasteiger partial charge in [0, 0.05) is 6.54 Å². The fourth-order valence-electron chi connectivity index (χ4n) is 0.874. The molecule has 0 aliphatic carbocycles. The first kappa shape index (κ1) is 10.8. The maximum atomic E-state index is 10.6. The Morgan fingerprint density at radius 3 is 2.33 bits per heavy atom. The molecule has 0 aromatic carbocycles. The quantitative estimate of drug-likeness (QED) is 0.638. The average Bonchev–Trinajstić information content (AvgIpc) is 1.83. The van der Waals surface area contributed by atoms with E-state index in [4.69, 9.17) is 11.5 Å². The van der Waals surface area contributed by atoms with E-state index in [1.165, 1.54) is 4.90 Å². The Morgan fingerprint density at radius 1 is 1.58 bits per heavy atom. The number of carboxylic acid groups (broad SMARTS) is 1. The van der Waals surface area contributed by atoms with Crippen LogP contribution in [0.1, 0.15) is 20.8 Å². The van der Waals surface area contributed by atoms with Crippen LogP contribution in [-0.2, 0) is 0 Å². The SMILES string of the molecule is C#CCN(CC(C)(C)C)C(=O)O. The number of hydrogen-bond donors (Lipinski definition) is 1. The van der Waals surface area contributed by atoms with Gasteiger partial charge in [0.1, 0.15) is 0 Å². The summed E-state index contributed by atoms with van der Waals surface area (Å²) in [4.78, 5) is 11.8.